The Bertz CT molecular complexity index is 1120. The summed E-state index contributed by atoms with van der Waals surface area (Å²) in [5.41, 5.74) is 2.74. The van der Waals surface area contributed by atoms with Gasteiger partial charge in [0.05, 0.1) is 18.9 Å². The zero-order chi connectivity index (χ0) is 21.8. The van der Waals surface area contributed by atoms with Gasteiger partial charge in [0.15, 0.2) is 11.4 Å². The predicted molar refractivity (Wildman–Crippen MR) is 120 cm³/mol. The molecule has 0 radical (unpaired) electrons. The smallest absolute Gasteiger partial charge is 0.278 e. The van der Waals surface area contributed by atoms with E-state index in [1.54, 1.807) is 0 Å². The molecule has 0 atom stereocenters. The zero-order valence-corrected chi connectivity index (χ0v) is 18.0. The molecule has 3 aromatic rings. The molecule has 0 bridgehead atoms. The van der Waals surface area contributed by atoms with Crippen molar-refractivity contribution in [3.05, 3.63) is 87.8 Å². The number of piperidine rings is 1. The number of amides is 1. The summed E-state index contributed by atoms with van der Waals surface area (Å²) in [6.07, 6.45) is 2.92. The number of nitrogens with zero attached hydrogens (tertiary/aromatic N) is 3. The first kappa shape index (κ1) is 20.8. The van der Waals surface area contributed by atoms with E-state index in [2.05, 4.69) is 29.4 Å². The normalized spacial score (nSPS) is 14.5. The van der Waals surface area contributed by atoms with Gasteiger partial charge in [-0.05, 0) is 49.3 Å². The van der Waals surface area contributed by atoms with E-state index < -0.39 is 0 Å². The molecule has 0 unspecified atom stereocenters. The van der Waals surface area contributed by atoms with Crippen molar-refractivity contribution in [2.24, 2.45) is 5.92 Å². The van der Waals surface area contributed by atoms with Crippen molar-refractivity contribution in [1.29, 1.82) is 0 Å². The summed E-state index contributed by atoms with van der Waals surface area (Å²) in [5, 5.41) is 4.42. The number of likely N-dealkylation sites (tertiary alicyclic amines) is 1. The van der Waals surface area contributed by atoms with Crippen LogP contribution in [0, 0.1) is 12.8 Å². The molecule has 1 fully saturated rings. The van der Waals surface area contributed by atoms with E-state index in [0.717, 1.165) is 24.8 Å². The Hall–Kier alpha value is -3.41. The molecule has 0 spiro atoms. The highest BCUT2D eigenvalue weighted by molar-refractivity contribution is 5.94. The number of carbonyl (C=O) groups excluding carboxylic acids is 1. The molecule has 1 aliphatic rings. The molecule has 2 aromatic carbocycles. The number of aryl methyl sites for hydroxylation is 1. The Morgan fingerprint density at radius 3 is 2.42 bits per heavy atom. The van der Waals surface area contributed by atoms with Gasteiger partial charge in [-0.25, -0.2) is 0 Å². The number of methoxy groups -OCH3 is 1. The average molecular weight is 418 g/mol. The number of aromatic nitrogens is 2. The lowest BCUT2D eigenvalue weighted by atomic mass is 9.90. The number of ether oxygens (including phenoxy) is 1. The van der Waals surface area contributed by atoms with Crippen LogP contribution >= 0.6 is 0 Å². The van der Waals surface area contributed by atoms with Gasteiger partial charge in [0, 0.05) is 13.1 Å². The monoisotopic (exact) mass is 417 g/mol. The van der Waals surface area contributed by atoms with Gasteiger partial charge < -0.3 is 9.64 Å². The SMILES string of the molecule is COc1cc(=O)n(-c2ccccc2C)nc1C(=O)N1CCC(Cc2ccccc2)CC1. The summed E-state index contributed by atoms with van der Waals surface area (Å²) in [6, 6.07) is 19.3. The minimum Gasteiger partial charge on any atom is -0.494 e. The lowest BCUT2D eigenvalue weighted by Crippen LogP contribution is -2.40. The molecule has 6 nitrogen and oxygen atoms in total. The summed E-state index contributed by atoms with van der Waals surface area (Å²) < 4.78 is 6.62. The predicted octanol–water partition coefficient (Wildman–Crippen LogP) is 3.64. The van der Waals surface area contributed by atoms with Crippen LogP contribution in [-0.2, 0) is 6.42 Å². The topological polar surface area (TPSA) is 64.4 Å². The van der Waals surface area contributed by atoms with Crippen LogP contribution in [0.4, 0.5) is 0 Å². The van der Waals surface area contributed by atoms with E-state index in [-0.39, 0.29) is 22.9 Å². The van der Waals surface area contributed by atoms with E-state index in [9.17, 15) is 9.59 Å². The summed E-state index contributed by atoms with van der Waals surface area (Å²) in [4.78, 5) is 27.7. The lowest BCUT2D eigenvalue weighted by Gasteiger charge is -2.32. The minimum atomic E-state index is -0.329. The lowest BCUT2D eigenvalue weighted by molar-refractivity contribution is 0.0678. The van der Waals surface area contributed by atoms with E-state index in [4.69, 9.17) is 4.74 Å². The first-order chi connectivity index (χ1) is 15.1. The fourth-order valence-electron chi connectivity index (χ4n) is 4.15. The van der Waals surface area contributed by atoms with Gasteiger partial charge in [0.25, 0.3) is 11.5 Å². The fraction of sp³-hybridized carbons (Fsp3) is 0.320. The van der Waals surface area contributed by atoms with Crippen molar-refractivity contribution < 1.29 is 9.53 Å². The Morgan fingerprint density at radius 1 is 1.06 bits per heavy atom. The molecule has 6 heteroatoms. The van der Waals surface area contributed by atoms with Gasteiger partial charge in [0.2, 0.25) is 0 Å². The van der Waals surface area contributed by atoms with Gasteiger partial charge in [0.1, 0.15) is 0 Å². The molecule has 2 heterocycles. The van der Waals surface area contributed by atoms with Gasteiger partial charge in [-0.1, -0.05) is 48.5 Å². The molecule has 0 N–H and O–H groups in total. The molecular formula is C25H27N3O3. The second kappa shape index (κ2) is 9.16. The molecule has 0 aliphatic carbocycles. The summed E-state index contributed by atoms with van der Waals surface area (Å²) in [6.45, 7) is 3.25. The maximum absolute atomic E-state index is 13.3. The van der Waals surface area contributed by atoms with Crippen molar-refractivity contribution >= 4 is 5.91 Å². The van der Waals surface area contributed by atoms with Crippen LogP contribution in [0.25, 0.3) is 5.69 Å². The van der Waals surface area contributed by atoms with Crippen LogP contribution in [0.15, 0.2) is 65.5 Å². The van der Waals surface area contributed by atoms with Gasteiger partial charge in [-0.15, -0.1) is 0 Å². The van der Waals surface area contributed by atoms with Gasteiger partial charge in [-0.2, -0.15) is 9.78 Å². The minimum absolute atomic E-state index is 0.173. The Labute approximate surface area is 182 Å². The molecule has 0 saturated carbocycles. The number of hydrogen-bond donors (Lipinski definition) is 0. The molecule has 4 rings (SSSR count). The first-order valence-electron chi connectivity index (χ1n) is 10.6. The number of rotatable bonds is 5. The highest BCUT2D eigenvalue weighted by Gasteiger charge is 2.28. The Kier molecular flexibility index (Phi) is 6.16. The van der Waals surface area contributed by atoms with Gasteiger partial charge >= 0.3 is 0 Å². The highest BCUT2D eigenvalue weighted by Crippen LogP contribution is 2.24. The number of para-hydroxylation sites is 1. The fourth-order valence-corrected chi connectivity index (χ4v) is 4.15. The van der Waals surface area contributed by atoms with Crippen LogP contribution in [0.5, 0.6) is 5.75 Å². The van der Waals surface area contributed by atoms with Crippen LogP contribution in [0.2, 0.25) is 0 Å². The summed E-state index contributed by atoms with van der Waals surface area (Å²) in [7, 11) is 1.46. The second-order valence-corrected chi connectivity index (χ2v) is 8.02. The third kappa shape index (κ3) is 4.53. The van der Waals surface area contributed by atoms with E-state index >= 15 is 0 Å². The van der Waals surface area contributed by atoms with Crippen molar-refractivity contribution in [2.45, 2.75) is 26.2 Å². The number of carbonyl (C=O) groups is 1. The Balaban J connectivity index is 1.54. The van der Waals surface area contributed by atoms with Crippen molar-refractivity contribution in [3.8, 4) is 11.4 Å². The molecular weight excluding hydrogens is 390 g/mol. The van der Waals surface area contributed by atoms with Gasteiger partial charge in [-0.3, -0.25) is 9.59 Å². The third-order valence-corrected chi connectivity index (χ3v) is 5.93. The molecule has 1 saturated heterocycles. The van der Waals surface area contributed by atoms with Crippen LogP contribution < -0.4 is 10.3 Å². The highest BCUT2D eigenvalue weighted by atomic mass is 16.5. The summed E-state index contributed by atoms with van der Waals surface area (Å²) >= 11 is 0. The van der Waals surface area contributed by atoms with E-state index in [1.807, 2.05) is 42.2 Å². The molecule has 1 amide bonds. The van der Waals surface area contributed by atoms with Crippen molar-refractivity contribution in [3.63, 3.8) is 0 Å². The van der Waals surface area contributed by atoms with E-state index in [1.165, 1.54) is 23.4 Å². The quantitative estimate of drug-likeness (QED) is 0.636. The maximum Gasteiger partial charge on any atom is 0.278 e. The van der Waals surface area contributed by atoms with Crippen LogP contribution in [0.1, 0.15) is 34.5 Å². The number of benzene rings is 2. The van der Waals surface area contributed by atoms with Crippen LogP contribution in [-0.4, -0.2) is 40.8 Å². The first-order valence-corrected chi connectivity index (χ1v) is 10.6. The van der Waals surface area contributed by atoms with Crippen molar-refractivity contribution in [2.75, 3.05) is 20.2 Å². The average Bonchev–Trinajstić information content (AvgIpc) is 2.80. The second-order valence-electron chi connectivity index (χ2n) is 8.02. The van der Waals surface area contributed by atoms with E-state index in [0.29, 0.717) is 24.7 Å². The maximum atomic E-state index is 13.3. The molecule has 1 aliphatic heterocycles. The number of hydrogen-bond acceptors (Lipinski definition) is 4. The zero-order valence-electron chi connectivity index (χ0n) is 18.0. The standard InChI is InChI=1S/C25H27N3O3/c1-18-8-6-7-11-21(18)28-23(29)17-22(31-2)24(26-28)25(30)27-14-12-20(13-15-27)16-19-9-4-3-5-10-19/h3-11,17,20H,12-16H2,1-2H3. The molecule has 31 heavy (non-hydrogen) atoms. The Morgan fingerprint density at radius 2 is 1.74 bits per heavy atom. The molecule has 1 aromatic heterocycles. The summed E-state index contributed by atoms with van der Waals surface area (Å²) in [5.74, 6) is 0.575. The van der Waals surface area contributed by atoms with Crippen molar-refractivity contribution in [1.82, 2.24) is 14.7 Å². The third-order valence-electron chi connectivity index (χ3n) is 5.93. The van der Waals surface area contributed by atoms with Crippen LogP contribution in [0.3, 0.4) is 0 Å². The molecule has 160 valence electrons. The largest absolute Gasteiger partial charge is 0.494 e.